The highest BCUT2D eigenvalue weighted by Gasteiger charge is 2.59. The Bertz CT molecular complexity index is 685. The number of fused-ring (bicyclic) bond motifs is 5. The van der Waals surface area contributed by atoms with Crippen LogP contribution in [0, 0.1) is 40.4 Å². The van der Waals surface area contributed by atoms with Crippen LogP contribution >= 0.6 is 0 Å². The van der Waals surface area contributed by atoms with Crippen molar-refractivity contribution in [1.29, 1.82) is 0 Å². The van der Waals surface area contributed by atoms with Gasteiger partial charge in [0.25, 0.3) is 0 Å². The smallest absolute Gasteiger partial charge is 0.248 e. The molecule has 0 aliphatic heterocycles. The summed E-state index contributed by atoms with van der Waals surface area (Å²) in [5.41, 5.74) is 0.0193. The standard InChI is InChI=1S/C28H46F2O2.C2H6/c1-25-13-10-24-22(7-5-20-18-21(31)9-12-26(20,24)2)23(25)8-6-19(25)4-3-11-27(32)14-16-28(29,30)17-15-27;1-2/h19-24,31-32H,3-18H2,1-2H3;1-2H3. The van der Waals surface area contributed by atoms with Gasteiger partial charge in [0.2, 0.25) is 5.92 Å². The van der Waals surface area contributed by atoms with Crippen LogP contribution in [0.25, 0.3) is 0 Å². The van der Waals surface area contributed by atoms with Crippen molar-refractivity contribution in [3.05, 3.63) is 0 Å². The molecule has 0 amide bonds. The molecule has 4 heteroatoms. The van der Waals surface area contributed by atoms with Crippen LogP contribution in [0.3, 0.4) is 0 Å². The van der Waals surface area contributed by atoms with E-state index >= 15 is 0 Å². The molecule has 0 radical (unpaired) electrons. The van der Waals surface area contributed by atoms with Crippen molar-refractivity contribution >= 4 is 0 Å². The second-order valence-corrected chi connectivity index (χ2v) is 13.4. The Kier molecular flexibility index (Phi) is 7.83. The van der Waals surface area contributed by atoms with Gasteiger partial charge in [-0.1, -0.05) is 34.1 Å². The first-order valence-corrected chi connectivity index (χ1v) is 14.8. The van der Waals surface area contributed by atoms with E-state index in [0.717, 1.165) is 55.3 Å². The van der Waals surface area contributed by atoms with E-state index in [4.69, 9.17) is 0 Å². The van der Waals surface area contributed by atoms with E-state index in [1.165, 1.54) is 44.9 Å². The molecule has 8 atom stereocenters. The minimum absolute atomic E-state index is 0.0699. The zero-order valence-electron chi connectivity index (χ0n) is 22.4. The van der Waals surface area contributed by atoms with Crippen LogP contribution < -0.4 is 0 Å². The second-order valence-electron chi connectivity index (χ2n) is 13.4. The Morgan fingerprint density at radius 1 is 0.765 bits per heavy atom. The minimum Gasteiger partial charge on any atom is -0.393 e. The Morgan fingerprint density at radius 2 is 1.41 bits per heavy atom. The summed E-state index contributed by atoms with van der Waals surface area (Å²) in [4.78, 5) is 0. The van der Waals surface area contributed by atoms with Gasteiger partial charge in [-0.2, -0.15) is 0 Å². The summed E-state index contributed by atoms with van der Waals surface area (Å²) in [6.07, 6.45) is 14.3. The Balaban J connectivity index is 0.00000133. The fraction of sp³-hybridized carbons (Fsp3) is 1.00. The molecular weight excluding hydrogens is 430 g/mol. The molecule has 2 nitrogen and oxygen atoms in total. The quantitative estimate of drug-likeness (QED) is 0.424. The van der Waals surface area contributed by atoms with Crippen molar-refractivity contribution < 1.29 is 19.0 Å². The van der Waals surface area contributed by atoms with Crippen molar-refractivity contribution in [1.82, 2.24) is 0 Å². The van der Waals surface area contributed by atoms with Gasteiger partial charge in [-0.15, -0.1) is 0 Å². The maximum atomic E-state index is 13.5. The lowest BCUT2D eigenvalue weighted by atomic mass is 9.44. The molecule has 34 heavy (non-hydrogen) atoms. The summed E-state index contributed by atoms with van der Waals surface area (Å²) in [5.74, 6) is 1.43. The molecule has 5 rings (SSSR count). The molecule has 5 fully saturated rings. The van der Waals surface area contributed by atoms with Crippen LogP contribution in [0.1, 0.15) is 130 Å². The van der Waals surface area contributed by atoms with E-state index in [9.17, 15) is 19.0 Å². The zero-order valence-corrected chi connectivity index (χ0v) is 22.4. The molecule has 198 valence electrons. The SMILES string of the molecule is CC.CC12CCC3C(CCC4CC(O)CCC43C)C1CCC2CCCC1(O)CCC(F)(F)CC1. The number of alkyl halides is 2. The van der Waals surface area contributed by atoms with E-state index in [2.05, 4.69) is 13.8 Å². The van der Waals surface area contributed by atoms with Crippen LogP contribution in [-0.4, -0.2) is 27.8 Å². The summed E-state index contributed by atoms with van der Waals surface area (Å²) < 4.78 is 27.0. The lowest BCUT2D eigenvalue weighted by Gasteiger charge is -2.61. The Hall–Kier alpha value is -0.220. The lowest BCUT2D eigenvalue weighted by molar-refractivity contribution is -0.127. The fourth-order valence-electron chi connectivity index (χ4n) is 9.83. The fourth-order valence-corrected chi connectivity index (χ4v) is 9.83. The third-order valence-electron chi connectivity index (χ3n) is 11.9. The first-order valence-electron chi connectivity index (χ1n) is 14.8. The average Bonchev–Trinajstić information content (AvgIpc) is 3.14. The van der Waals surface area contributed by atoms with E-state index in [1.807, 2.05) is 13.8 Å². The predicted molar refractivity (Wildman–Crippen MR) is 135 cm³/mol. The second kappa shape index (κ2) is 9.92. The molecule has 5 aliphatic carbocycles. The number of aliphatic hydroxyl groups is 2. The van der Waals surface area contributed by atoms with Gasteiger partial charge in [-0.3, -0.25) is 0 Å². The highest BCUT2D eigenvalue weighted by atomic mass is 19.3. The van der Waals surface area contributed by atoms with Crippen molar-refractivity contribution in [2.45, 2.75) is 148 Å². The van der Waals surface area contributed by atoms with Crippen LogP contribution in [0.2, 0.25) is 0 Å². The molecule has 0 spiro atoms. The molecule has 0 bridgehead atoms. The van der Waals surface area contributed by atoms with E-state index in [-0.39, 0.29) is 31.8 Å². The highest BCUT2D eigenvalue weighted by Crippen LogP contribution is 2.68. The van der Waals surface area contributed by atoms with Gasteiger partial charge in [0.05, 0.1) is 11.7 Å². The van der Waals surface area contributed by atoms with Gasteiger partial charge in [-0.05, 0) is 124 Å². The molecule has 0 heterocycles. The minimum atomic E-state index is -2.57. The third kappa shape index (κ3) is 4.85. The maximum absolute atomic E-state index is 13.5. The summed E-state index contributed by atoms with van der Waals surface area (Å²) in [7, 11) is 0. The van der Waals surface area contributed by atoms with Gasteiger partial charge < -0.3 is 10.2 Å². The molecule has 5 aliphatic rings. The summed E-state index contributed by atoms with van der Waals surface area (Å²) in [5, 5.41) is 21.1. The largest absolute Gasteiger partial charge is 0.393 e. The average molecular weight is 483 g/mol. The van der Waals surface area contributed by atoms with Gasteiger partial charge in [0.1, 0.15) is 0 Å². The first kappa shape index (κ1) is 26.8. The molecule has 0 aromatic heterocycles. The zero-order chi connectivity index (χ0) is 24.8. The lowest BCUT2D eigenvalue weighted by Crippen LogP contribution is -2.53. The van der Waals surface area contributed by atoms with Crippen LogP contribution in [0.4, 0.5) is 8.78 Å². The van der Waals surface area contributed by atoms with Crippen LogP contribution in [0.5, 0.6) is 0 Å². The van der Waals surface area contributed by atoms with E-state index in [0.29, 0.717) is 17.3 Å². The summed E-state index contributed by atoms with van der Waals surface area (Å²) in [6.45, 7) is 9.13. The van der Waals surface area contributed by atoms with Crippen molar-refractivity contribution in [2.75, 3.05) is 0 Å². The summed E-state index contributed by atoms with van der Waals surface area (Å²) >= 11 is 0. The van der Waals surface area contributed by atoms with E-state index < -0.39 is 11.5 Å². The van der Waals surface area contributed by atoms with Crippen molar-refractivity contribution in [3.63, 3.8) is 0 Å². The maximum Gasteiger partial charge on any atom is 0.248 e. The van der Waals surface area contributed by atoms with Crippen LogP contribution in [0.15, 0.2) is 0 Å². The molecule has 2 N–H and O–H groups in total. The predicted octanol–water partition coefficient (Wildman–Crippen LogP) is 8.14. The molecule has 0 aromatic carbocycles. The number of halogens is 2. The third-order valence-corrected chi connectivity index (χ3v) is 11.9. The topological polar surface area (TPSA) is 40.5 Å². The number of hydrogen-bond acceptors (Lipinski definition) is 2. The monoisotopic (exact) mass is 482 g/mol. The Morgan fingerprint density at radius 3 is 2.12 bits per heavy atom. The number of aliphatic hydroxyl groups excluding tert-OH is 1. The normalized spacial score (nSPS) is 46.9. The summed E-state index contributed by atoms with van der Waals surface area (Å²) in [6, 6.07) is 0. The van der Waals surface area contributed by atoms with Gasteiger partial charge in [0, 0.05) is 12.8 Å². The van der Waals surface area contributed by atoms with Gasteiger partial charge in [0.15, 0.2) is 0 Å². The van der Waals surface area contributed by atoms with Crippen molar-refractivity contribution in [2.24, 2.45) is 40.4 Å². The number of rotatable bonds is 4. The van der Waals surface area contributed by atoms with Crippen LogP contribution in [-0.2, 0) is 0 Å². The molecular formula is C30H52F2O2. The van der Waals surface area contributed by atoms with Crippen molar-refractivity contribution in [3.8, 4) is 0 Å². The highest BCUT2D eigenvalue weighted by molar-refractivity contribution is 5.09. The van der Waals surface area contributed by atoms with Gasteiger partial charge >= 0.3 is 0 Å². The molecule has 8 unspecified atom stereocenters. The number of hydrogen-bond donors (Lipinski definition) is 2. The molecule has 5 saturated carbocycles. The molecule has 0 saturated heterocycles. The van der Waals surface area contributed by atoms with E-state index in [1.54, 1.807) is 0 Å². The Labute approximate surface area is 207 Å². The first-order chi connectivity index (χ1) is 16.0. The van der Waals surface area contributed by atoms with Gasteiger partial charge in [-0.25, -0.2) is 8.78 Å². The molecule has 0 aromatic rings.